The maximum Gasteiger partial charge on any atom is 0.203 e. The molecule has 2 aromatic carbocycles. The Morgan fingerprint density at radius 2 is 1.54 bits per heavy atom. The van der Waals surface area contributed by atoms with Crippen LogP contribution in [0.2, 0.25) is 0 Å². The van der Waals surface area contributed by atoms with E-state index in [1.54, 1.807) is 33.5 Å². The van der Waals surface area contributed by atoms with Gasteiger partial charge >= 0.3 is 0 Å². The van der Waals surface area contributed by atoms with E-state index in [1.165, 1.54) is 5.56 Å². The summed E-state index contributed by atoms with van der Waals surface area (Å²) in [6.07, 6.45) is -0.660. The van der Waals surface area contributed by atoms with Crippen molar-refractivity contribution in [2.75, 3.05) is 34.9 Å². The van der Waals surface area contributed by atoms with Crippen molar-refractivity contribution in [3.8, 4) is 17.2 Å². The van der Waals surface area contributed by atoms with Gasteiger partial charge in [0.25, 0.3) is 0 Å². The first-order chi connectivity index (χ1) is 11.6. The van der Waals surface area contributed by atoms with Crippen LogP contribution in [0.3, 0.4) is 0 Å². The van der Waals surface area contributed by atoms with Gasteiger partial charge in [-0.1, -0.05) is 30.3 Å². The van der Waals surface area contributed by atoms with Crippen molar-refractivity contribution in [3.63, 3.8) is 0 Å². The lowest BCUT2D eigenvalue weighted by Gasteiger charge is -2.22. The summed E-state index contributed by atoms with van der Waals surface area (Å²) in [5, 5.41) is 10.6. The molecule has 0 amide bonds. The Labute approximate surface area is 143 Å². The van der Waals surface area contributed by atoms with Gasteiger partial charge in [0, 0.05) is 13.1 Å². The molecule has 24 heavy (non-hydrogen) atoms. The molecule has 0 aliphatic heterocycles. The van der Waals surface area contributed by atoms with Crippen LogP contribution in [-0.2, 0) is 6.54 Å². The van der Waals surface area contributed by atoms with Crippen molar-refractivity contribution in [2.24, 2.45) is 0 Å². The van der Waals surface area contributed by atoms with Gasteiger partial charge in [-0.3, -0.25) is 4.90 Å². The van der Waals surface area contributed by atoms with Gasteiger partial charge in [0.2, 0.25) is 5.75 Å². The lowest BCUT2D eigenvalue weighted by Crippen LogP contribution is -2.24. The first kappa shape index (κ1) is 18.1. The van der Waals surface area contributed by atoms with Crippen LogP contribution >= 0.6 is 0 Å². The van der Waals surface area contributed by atoms with Crippen molar-refractivity contribution in [1.29, 1.82) is 0 Å². The third-order valence-electron chi connectivity index (χ3n) is 3.85. The number of hydrogen-bond acceptors (Lipinski definition) is 5. The van der Waals surface area contributed by atoms with E-state index in [0.29, 0.717) is 23.8 Å². The highest BCUT2D eigenvalue weighted by molar-refractivity contribution is 5.54. The molecule has 0 saturated heterocycles. The Hall–Kier alpha value is -2.24. The van der Waals surface area contributed by atoms with E-state index < -0.39 is 6.10 Å². The number of likely N-dealkylation sites (N-methyl/N-ethyl adjacent to an activating group) is 1. The van der Waals surface area contributed by atoms with Gasteiger partial charge in [-0.15, -0.1) is 0 Å². The zero-order valence-corrected chi connectivity index (χ0v) is 14.7. The number of nitrogens with zero attached hydrogens (tertiary/aromatic N) is 1. The molecule has 0 heterocycles. The first-order valence-corrected chi connectivity index (χ1v) is 7.79. The minimum atomic E-state index is -0.660. The van der Waals surface area contributed by atoms with Crippen LogP contribution in [0.15, 0.2) is 42.5 Å². The van der Waals surface area contributed by atoms with E-state index in [2.05, 4.69) is 17.0 Å². The highest BCUT2D eigenvalue weighted by Gasteiger charge is 2.18. The number of hydrogen-bond donors (Lipinski definition) is 1. The monoisotopic (exact) mass is 331 g/mol. The molecule has 0 aliphatic carbocycles. The van der Waals surface area contributed by atoms with Gasteiger partial charge in [-0.25, -0.2) is 0 Å². The molecule has 0 fully saturated rings. The minimum absolute atomic E-state index is 0.494. The number of rotatable bonds is 8. The molecule has 1 unspecified atom stereocenters. The van der Waals surface area contributed by atoms with Crippen LogP contribution in [0.1, 0.15) is 17.2 Å². The normalized spacial score (nSPS) is 12.1. The molecule has 5 heteroatoms. The van der Waals surface area contributed by atoms with E-state index >= 15 is 0 Å². The quantitative estimate of drug-likeness (QED) is 0.806. The molecule has 0 radical (unpaired) electrons. The molecule has 0 saturated carbocycles. The Morgan fingerprint density at radius 1 is 0.958 bits per heavy atom. The van der Waals surface area contributed by atoms with Gasteiger partial charge in [-0.05, 0) is 30.3 Å². The zero-order chi connectivity index (χ0) is 17.5. The van der Waals surface area contributed by atoms with Crippen LogP contribution in [-0.4, -0.2) is 44.9 Å². The largest absolute Gasteiger partial charge is 0.493 e. The third-order valence-corrected chi connectivity index (χ3v) is 3.85. The molecule has 0 bridgehead atoms. The summed E-state index contributed by atoms with van der Waals surface area (Å²) in [6.45, 7) is 1.26. The molecule has 0 spiro atoms. The summed E-state index contributed by atoms with van der Waals surface area (Å²) in [6, 6.07) is 13.7. The zero-order valence-electron chi connectivity index (χ0n) is 14.7. The molecule has 0 aromatic heterocycles. The number of aliphatic hydroxyl groups is 1. The Balaban J connectivity index is 2.12. The fraction of sp³-hybridized carbons (Fsp3) is 0.368. The minimum Gasteiger partial charge on any atom is -0.493 e. The molecule has 130 valence electrons. The average Bonchev–Trinajstić information content (AvgIpc) is 2.60. The molecular weight excluding hydrogens is 306 g/mol. The number of benzene rings is 2. The van der Waals surface area contributed by atoms with Crippen molar-refractivity contribution in [1.82, 2.24) is 4.90 Å². The van der Waals surface area contributed by atoms with Crippen LogP contribution in [0, 0.1) is 0 Å². The molecule has 1 N–H and O–H groups in total. The van der Waals surface area contributed by atoms with Gasteiger partial charge in [-0.2, -0.15) is 0 Å². The summed E-state index contributed by atoms with van der Waals surface area (Å²) < 4.78 is 16.0. The predicted octanol–water partition coefficient (Wildman–Crippen LogP) is 2.88. The molecule has 1 atom stereocenters. The Kier molecular flexibility index (Phi) is 6.46. The fourth-order valence-corrected chi connectivity index (χ4v) is 2.65. The van der Waals surface area contributed by atoms with Crippen LogP contribution in [0.5, 0.6) is 17.2 Å². The van der Waals surface area contributed by atoms with E-state index in [1.807, 2.05) is 25.2 Å². The third kappa shape index (κ3) is 4.40. The average molecular weight is 331 g/mol. The molecule has 2 rings (SSSR count). The van der Waals surface area contributed by atoms with Gasteiger partial charge < -0.3 is 19.3 Å². The SMILES string of the molecule is COc1cc(C(O)CN(C)Cc2ccccc2)cc(OC)c1OC. The molecular formula is C19H25NO4. The lowest BCUT2D eigenvalue weighted by molar-refractivity contribution is 0.123. The van der Waals surface area contributed by atoms with Crippen molar-refractivity contribution in [2.45, 2.75) is 12.6 Å². The van der Waals surface area contributed by atoms with Crippen LogP contribution < -0.4 is 14.2 Å². The van der Waals surface area contributed by atoms with Crippen molar-refractivity contribution >= 4 is 0 Å². The van der Waals surface area contributed by atoms with E-state index in [-0.39, 0.29) is 0 Å². The number of ether oxygens (including phenoxy) is 3. The predicted molar refractivity (Wildman–Crippen MR) is 93.8 cm³/mol. The highest BCUT2D eigenvalue weighted by atomic mass is 16.5. The Morgan fingerprint density at radius 3 is 2.04 bits per heavy atom. The van der Waals surface area contributed by atoms with Crippen molar-refractivity contribution < 1.29 is 19.3 Å². The van der Waals surface area contributed by atoms with Crippen molar-refractivity contribution in [3.05, 3.63) is 53.6 Å². The van der Waals surface area contributed by atoms with E-state index in [0.717, 1.165) is 12.1 Å². The number of aliphatic hydroxyl groups excluding tert-OH is 1. The highest BCUT2D eigenvalue weighted by Crippen LogP contribution is 2.39. The second kappa shape index (κ2) is 8.57. The Bertz CT molecular complexity index is 620. The molecule has 5 nitrogen and oxygen atoms in total. The van der Waals surface area contributed by atoms with Gasteiger partial charge in [0.15, 0.2) is 11.5 Å². The summed E-state index contributed by atoms with van der Waals surface area (Å²) in [7, 11) is 6.67. The van der Waals surface area contributed by atoms with Gasteiger partial charge in [0.1, 0.15) is 0 Å². The summed E-state index contributed by atoms with van der Waals surface area (Å²) in [5.41, 5.74) is 1.93. The maximum absolute atomic E-state index is 10.6. The lowest BCUT2D eigenvalue weighted by atomic mass is 10.1. The molecule has 2 aromatic rings. The van der Waals surface area contributed by atoms with E-state index in [9.17, 15) is 5.11 Å². The second-order valence-corrected chi connectivity index (χ2v) is 5.66. The van der Waals surface area contributed by atoms with Crippen LogP contribution in [0.25, 0.3) is 0 Å². The standard InChI is InChI=1S/C19H25NO4/c1-20(12-14-8-6-5-7-9-14)13-16(21)15-10-17(22-2)19(24-4)18(11-15)23-3/h5-11,16,21H,12-13H2,1-4H3. The maximum atomic E-state index is 10.6. The first-order valence-electron chi connectivity index (χ1n) is 7.79. The van der Waals surface area contributed by atoms with Gasteiger partial charge in [0.05, 0.1) is 27.4 Å². The topological polar surface area (TPSA) is 51.2 Å². The summed E-state index contributed by atoms with van der Waals surface area (Å²) >= 11 is 0. The number of methoxy groups -OCH3 is 3. The molecule has 0 aliphatic rings. The van der Waals surface area contributed by atoms with Crippen LogP contribution in [0.4, 0.5) is 0 Å². The summed E-state index contributed by atoms with van der Waals surface area (Å²) in [5.74, 6) is 1.60. The fourth-order valence-electron chi connectivity index (χ4n) is 2.65. The second-order valence-electron chi connectivity index (χ2n) is 5.66. The summed E-state index contributed by atoms with van der Waals surface area (Å²) in [4.78, 5) is 2.07. The smallest absolute Gasteiger partial charge is 0.203 e. The van der Waals surface area contributed by atoms with E-state index in [4.69, 9.17) is 14.2 Å².